The largest absolute Gasteiger partial charge is 0.387 e. The predicted molar refractivity (Wildman–Crippen MR) is 70.3 cm³/mol. The number of nitrogens with one attached hydrogen (secondary N) is 1. The van der Waals surface area contributed by atoms with E-state index in [1.54, 1.807) is 11.8 Å². The van der Waals surface area contributed by atoms with Crippen molar-refractivity contribution in [2.45, 2.75) is 6.10 Å². The highest BCUT2D eigenvalue weighted by Crippen LogP contribution is 2.17. The fourth-order valence-corrected chi connectivity index (χ4v) is 1.95. The quantitative estimate of drug-likeness (QED) is 0.587. The summed E-state index contributed by atoms with van der Waals surface area (Å²) in [6.07, 6.45) is 4.11. The summed E-state index contributed by atoms with van der Waals surface area (Å²) in [6, 6.07) is 3.15. The van der Waals surface area contributed by atoms with E-state index in [1.807, 2.05) is 0 Å². The molecule has 0 amide bonds. The molecule has 1 atom stereocenters. The normalized spacial score (nSPS) is 12.1. The fourth-order valence-electron chi connectivity index (χ4n) is 1.40. The molecule has 0 radical (unpaired) electrons. The molecular formula is C13H15F2NOS. The molecule has 0 aromatic heterocycles. The van der Waals surface area contributed by atoms with Crippen LogP contribution in [0.1, 0.15) is 11.7 Å². The summed E-state index contributed by atoms with van der Waals surface area (Å²) in [7, 11) is 0. The molecule has 0 aliphatic heterocycles. The van der Waals surface area contributed by atoms with Gasteiger partial charge in [-0.2, -0.15) is 0 Å². The highest BCUT2D eigenvalue weighted by Gasteiger charge is 2.12. The maximum atomic E-state index is 13.3. The van der Waals surface area contributed by atoms with E-state index in [0.29, 0.717) is 12.3 Å². The number of aliphatic hydroxyl groups is 1. The van der Waals surface area contributed by atoms with Crippen LogP contribution in [0.3, 0.4) is 0 Å². The minimum Gasteiger partial charge on any atom is -0.387 e. The van der Waals surface area contributed by atoms with Gasteiger partial charge in [-0.05, 0) is 6.07 Å². The van der Waals surface area contributed by atoms with Gasteiger partial charge in [0.05, 0.1) is 11.9 Å². The van der Waals surface area contributed by atoms with Crippen molar-refractivity contribution in [3.05, 3.63) is 35.4 Å². The summed E-state index contributed by atoms with van der Waals surface area (Å²) in [5.41, 5.74) is 0.0974. The molecular weight excluding hydrogens is 256 g/mol. The van der Waals surface area contributed by atoms with Crippen molar-refractivity contribution in [1.82, 2.24) is 5.32 Å². The van der Waals surface area contributed by atoms with Crippen molar-refractivity contribution < 1.29 is 13.9 Å². The van der Waals surface area contributed by atoms with Gasteiger partial charge in [-0.25, -0.2) is 8.78 Å². The van der Waals surface area contributed by atoms with E-state index in [9.17, 15) is 13.9 Å². The molecule has 0 saturated carbocycles. The van der Waals surface area contributed by atoms with Crippen LogP contribution >= 0.6 is 11.8 Å². The molecule has 98 valence electrons. The van der Waals surface area contributed by atoms with Gasteiger partial charge in [0.1, 0.15) is 11.6 Å². The maximum absolute atomic E-state index is 13.3. The highest BCUT2D eigenvalue weighted by molar-refractivity contribution is 7.99. The Morgan fingerprint density at radius 1 is 1.44 bits per heavy atom. The molecule has 18 heavy (non-hydrogen) atoms. The molecule has 0 saturated heterocycles. The van der Waals surface area contributed by atoms with E-state index in [-0.39, 0.29) is 12.1 Å². The van der Waals surface area contributed by atoms with Crippen LogP contribution in [-0.2, 0) is 0 Å². The molecule has 0 aliphatic rings. The molecule has 2 nitrogen and oxygen atoms in total. The molecule has 1 aromatic rings. The van der Waals surface area contributed by atoms with E-state index in [4.69, 9.17) is 6.42 Å². The third kappa shape index (κ3) is 5.05. The van der Waals surface area contributed by atoms with Crippen LogP contribution in [0.5, 0.6) is 0 Å². The summed E-state index contributed by atoms with van der Waals surface area (Å²) in [5, 5.41) is 12.7. The zero-order chi connectivity index (χ0) is 13.4. The number of benzene rings is 1. The van der Waals surface area contributed by atoms with Gasteiger partial charge < -0.3 is 10.4 Å². The topological polar surface area (TPSA) is 32.3 Å². The van der Waals surface area contributed by atoms with Crippen molar-refractivity contribution in [3.8, 4) is 12.3 Å². The minimum absolute atomic E-state index is 0.0974. The summed E-state index contributed by atoms with van der Waals surface area (Å²) in [6.45, 7) is 0.894. The first-order valence-corrected chi connectivity index (χ1v) is 6.65. The van der Waals surface area contributed by atoms with E-state index in [2.05, 4.69) is 11.2 Å². The number of halogens is 2. The van der Waals surface area contributed by atoms with E-state index in [0.717, 1.165) is 17.9 Å². The number of hydrogen-bond acceptors (Lipinski definition) is 3. The number of thioether (sulfide) groups is 1. The minimum atomic E-state index is -0.983. The summed E-state index contributed by atoms with van der Waals surface area (Å²) < 4.78 is 26.0. The van der Waals surface area contributed by atoms with Gasteiger partial charge in [0.2, 0.25) is 0 Å². The second-order valence-electron chi connectivity index (χ2n) is 3.64. The third-order valence-corrected chi connectivity index (χ3v) is 3.13. The molecule has 1 unspecified atom stereocenters. The smallest absolute Gasteiger partial charge is 0.131 e. The number of aliphatic hydroxyl groups excluding tert-OH is 1. The van der Waals surface area contributed by atoms with Gasteiger partial charge in [0.25, 0.3) is 0 Å². The molecule has 0 fully saturated rings. The van der Waals surface area contributed by atoms with E-state index >= 15 is 0 Å². The molecule has 0 spiro atoms. The highest BCUT2D eigenvalue weighted by atomic mass is 32.2. The summed E-state index contributed by atoms with van der Waals surface area (Å²) in [5.74, 6) is 2.60. The van der Waals surface area contributed by atoms with Gasteiger partial charge >= 0.3 is 0 Å². The van der Waals surface area contributed by atoms with Crippen LogP contribution < -0.4 is 5.32 Å². The van der Waals surface area contributed by atoms with Crippen LogP contribution in [0.4, 0.5) is 8.78 Å². The molecule has 0 aliphatic carbocycles. The van der Waals surface area contributed by atoms with Crippen LogP contribution in [0.2, 0.25) is 0 Å². The first kappa shape index (κ1) is 15.0. The van der Waals surface area contributed by atoms with Crippen molar-refractivity contribution in [2.24, 2.45) is 0 Å². The summed E-state index contributed by atoms with van der Waals surface area (Å²) >= 11 is 1.60. The SMILES string of the molecule is C#CCSCCNCC(O)c1ccc(F)cc1F. The van der Waals surface area contributed by atoms with E-state index < -0.39 is 17.7 Å². The second kappa shape index (κ2) is 8.09. The Morgan fingerprint density at radius 3 is 2.89 bits per heavy atom. The molecule has 0 heterocycles. The first-order chi connectivity index (χ1) is 8.65. The lowest BCUT2D eigenvalue weighted by molar-refractivity contribution is 0.171. The van der Waals surface area contributed by atoms with Crippen LogP contribution in [0.15, 0.2) is 18.2 Å². The average Bonchev–Trinajstić information content (AvgIpc) is 2.33. The lowest BCUT2D eigenvalue weighted by Gasteiger charge is -2.12. The van der Waals surface area contributed by atoms with Crippen molar-refractivity contribution in [3.63, 3.8) is 0 Å². The molecule has 0 bridgehead atoms. The average molecular weight is 271 g/mol. The fraction of sp³-hybridized carbons (Fsp3) is 0.385. The number of hydrogen-bond donors (Lipinski definition) is 2. The van der Waals surface area contributed by atoms with E-state index in [1.165, 1.54) is 6.07 Å². The van der Waals surface area contributed by atoms with Gasteiger partial charge in [-0.15, -0.1) is 18.2 Å². The Hall–Kier alpha value is -1.09. The number of terminal acetylenes is 1. The summed E-state index contributed by atoms with van der Waals surface area (Å²) in [4.78, 5) is 0. The third-order valence-electron chi connectivity index (χ3n) is 2.27. The van der Waals surface area contributed by atoms with Crippen LogP contribution in [0, 0.1) is 24.0 Å². The Labute approximate surface area is 110 Å². The lowest BCUT2D eigenvalue weighted by atomic mass is 10.1. The standard InChI is InChI=1S/C13H15F2NOS/c1-2-6-18-7-5-16-9-13(17)11-4-3-10(14)8-12(11)15/h1,3-4,8,13,16-17H,5-7,9H2. The monoisotopic (exact) mass is 271 g/mol. The van der Waals surface area contributed by atoms with Crippen LogP contribution in [0.25, 0.3) is 0 Å². The zero-order valence-electron chi connectivity index (χ0n) is 9.83. The van der Waals surface area contributed by atoms with Crippen molar-refractivity contribution in [2.75, 3.05) is 24.6 Å². The van der Waals surface area contributed by atoms with Crippen LogP contribution in [-0.4, -0.2) is 29.7 Å². The molecule has 2 N–H and O–H groups in total. The Balaban J connectivity index is 2.32. The Bertz CT molecular complexity index is 420. The molecule has 5 heteroatoms. The molecule has 1 rings (SSSR count). The van der Waals surface area contributed by atoms with Gasteiger partial charge in [0, 0.05) is 30.5 Å². The van der Waals surface area contributed by atoms with Crippen molar-refractivity contribution >= 4 is 11.8 Å². The van der Waals surface area contributed by atoms with Crippen molar-refractivity contribution in [1.29, 1.82) is 0 Å². The Kier molecular flexibility index (Phi) is 6.73. The van der Waals surface area contributed by atoms with Gasteiger partial charge in [0.15, 0.2) is 0 Å². The zero-order valence-corrected chi connectivity index (χ0v) is 10.6. The predicted octanol–water partition coefficient (Wildman–Crippen LogP) is 1.95. The number of rotatable bonds is 7. The maximum Gasteiger partial charge on any atom is 0.131 e. The first-order valence-electron chi connectivity index (χ1n) is 5.50. The van der Waals surface area contributed by atoms with Gasteiger partial charge in [-0.3, -0.25) is 0 Å². The second-order valence-corrected chi connectivity index (χ2v) is 4.75. The molecule has 1 aromatic carbocycles. The van der Waals surface area contributed by atoms with Gasteiger partial charge in [-0.1, -0.05) is 12.0 Å². The lowest BCUT2D eigenvalue weighted by Crippen LogP contribution is -2.24. The Morgan fingerprint density at radius 2 is 2.22 bits per heavy atom.